The van der Waals surface area contributed by atoms with Crippen LogP contribution in [0.5, 0.6) is 0 Å². The lowest BCUT2D eigenvalue weighted by molar-refractivity contribution is 0.678. The van der Waals surface area contributed by atoms with Crippen molar-refractivity contribution in [2.75, 3.05) is 0 Å². The molecule has 0 aliphatic carbocycles. The van der Waals surface area contributed by atoms with Crippen LogP contribution in [0.3, 0.4) is 0 Å². The lowest BCUT2D eigenvalue weighted by Crippen LogP contribution is -2.04. The molecule has 0 saturated carbocycles. The SMILES string of the molecule is CCCCc1nc(-c2ccc(C)nn2)cn1Cc1ccc(-c2ccc(-c3nn[nH]n3)cc2)cc1. The fourth-order valence-corrected chi connectivity index (χ4v) is 3.88. The highest BCUT2D eigenvalue weighted by molar-refractivity contribution is 5.67. The van der Waals surface area contributed by atoms with Gasteiger partial charge in [0.1, 0.15) is 17.2 Å². The molecule has 0 fully saturated rings. The normalized spacial score (nSPS) is 11.1. The molecule has 5 aromatic rings. The van der Waals surface area contributed by atoms with E-state index in [2.05, 4.69) is 84.9 Å². The minimum atomic E-state index is 0.595. The van der Waals surface area contributed by atoms with Crippen LogP contribution >= 0.6 is 0 Å². The average Bonchev–Trinajstić information content (AvgIpc) is 3.55. The van der Waals surface area contributed by atoms with E-state index in [9.17, 15) is 0 Å². The van der Waals surface area contributed by atoms with Gasteiger partial charge < -0.3 is 4.57 Å². The van der Waals surface area contributed by atoms with Gasteiger partial charge in [-0.2, -0.15) is 10.3 Å². The van der Waals surface area contributed by atoms with E-state index >= 15 is 0 Å². The number of nitrogens with one attached hydrogen (secondary N) is 1. The minimum absolute atomic E-state index is 0.595. The van der Waals surface area contributed by atoms with Crippen LogP contribution in [-0.4, -0.2) is 40.4 Å². The quantitative estimate of drug-likeness (QED) is 0.362. The van der Waals surface area contributed by atoms with Crippen LogP contribution in [0.2, 0.25) is 0 Å². The Morgan fingerprint density at radius 3 is 2.18 bits per heavy atom. The first kappa shape index (κ1) is 21.6. The van der Waals surface area contributed by atoms with Gasteiger partial charge in [-0.3, -0.25) is 0 Å². The van der Waals surface area contributed by atoms with Gasteiger partial charge in [-0.15, -0.1) is 15.3 Å². The summed E-state index contributed by atoms with van der Waals surface area (Å²) in [5, 5.41) is 22.7. The van der Waals surface area contributed by atoms with Crippen molar-refractivity contribution in [1.29, 1.82) is 0 Å². The molecule has 0 atom stereocenters. The number of hydrogen-bond donors (Lipinski definition) is 1. The van der Waals surface area contributed by atoms with Gasteiger partial charge in [-0.05, 0) is 47.4 Å². The molecule has 0 spiro atoms. The third-order valence-corrected chi connectivity index (χ3v) is 5.80. The van der Waals surface area contributed by atoms with Gasteiger partial charge in [0.2, 0.25) is 5.82 Å². The van der Waals surface area contributed by atoms with E-state index in [1.165, 1.54) is 5.56 Å². The number of benzene rings is 2. The summed E-state index contributed by atoms with van der Waals surface area (Å²) in [7, 11) is 0. The number of rotatable bonds is 8. The highest BCUT2D eigenvalue weighted by Crippen LogP contribution is 2.24. The van der Waals surface area contributed by atoms with Crippen LogP contribution in [0.25, 0.3) is 33.9 Å². The van der Waals surface area contributed by atoms with Crippen LogP contribution in [0, 0.1) is 6.92 Å². The summed E-state index contributed by atoms with van der Waals surface area (Å²) in [6.45, 7) is 4.91. The summed E-state index contributed by atoms with van der Waals surface area (Å²) in [6, 6.07) is 20.8. The van der Waals surface area contributed by atoms with Crippen molar-refractivity contribution < 1.29 is 0 Å². The van der Waals surface area contributed by atoms with E-state index in [0.717, 1.165) is 65.4 Å². The van der Waals surface area contributed by atoms with E-state index in [1.54, 1.807) is 0 Å². The Hall–Kier alpha value is -4.20. The first-order chi connectivity index (χ1) is 16.7. The number of unbranched alkanes of at least 4 members (excludes halogenated alkanes) is 1. The van der Waals surface area contributed by atoms with Crippen molar-refractivity contribution in [1.82, 2.24) is 40.4 Å². The summed E-state index contributed by atoms with van der Waals surface area (Å²) in [4.78, 5) is 4.88. The molecule has 0 saturated heterocycles. The first-order valence-electron chi connectivity index (χ1n) is 11.5. The standard InChI is InChI=1S/C26H26N8/c1-3-4-5-25-27-24(23-15-6-18(2)28-29-23)17-34(25)16-19-7-9-20(10-8-19)21-11-13-22(14-12-21)26-30-32-33-31-26/h6-15,17H,3-5,16H2,1-2H3,(H,30,31,32,33). The largest absolute Gasteiger partial charge is 0.330 e. The lowest BCUT2D eigenvalue weighted by Gasteiger charge is -2.09. The highest BCUT2D eigenvalue weighted by atomic mass is 15.5. The predicted octanol–water partition coefficient (Wildman–Crippen LogP) is 4.89. The second-order valence-corrected chi connectivity index (χ2v) is 8.34. The average molecular weight is 451 g/mol. The molecule has 0 aliphatic rings. The second kappa shape index (κ2) is 9.74. The molecule has 0 bridgehead atoms. The summed E-state index contributed by atoms with van der Waals surface area (Å²) < 4.78 is 2.24. The molecule has 0 amide bonds. The maximum atomic E-state index is 4.88. The van der Waals surface area contributed by atoms with Crippen molar-refractivity contribution in [3.05, 3.63) is 83.9 Å². The Balaban J connectivity index is 1.35. The molecule has 3 heterocycles. The molecular weight excluding hydrogens is 424 g/mol. The third kappa shape index (κ3) is 4.76. The van der Waals surface area contributed by atoms with E-state index in [4.69, 9.17) is 4.98 Å². The maximum absolute atomic E-state index is 4.88. The Labute approximate surface area is 198 Å². The number of aryl methyl sites for hydroxylation is 2. The molecular formula is C26H26N8. The van der Waals surface area contributed by atoms with E-state index in [-0.39, 0.29) is 0 Å². The fraction of sp³-hybridized carbons (Fsp3) is 0.231. The number of tetrazole rings is 1. The molecule has 170 valence electrons. The number of aromatic amines is 1. The molecule has 8 nitrogen and oxygen atoms in total. The summed E-state index contributed by atoms with van der Waals surface area (Å²) in [6.07, 6.45) is 5.27. The summed E-state index contributed by atoms with van der Waals surface area (Å²) >= 11 is 0. The van der Waals surface area contributed by atoms with Crippen LogP contribution in [0.1, 0.15) is 36.8 Å². The van der Waals surface area contributed by atoms with Gasteiger partial charge in [-0.1, -0.05) is 61.9 Å². The molecule has 8 heteroatoms. The number of H-pyrrole nitrogens is 1. The molecule has 2 aromatic carbocycles. The zero-order chi connectivity index (χ0) is 23.3. The highest BCUT2D eigenvalue weighted by Gasteiger charge is 2.12. The van der Waals surface area contributed by atoms with E-state index < -0.39 is 0 Å². The van der Waals surface area contributed by atoms with Gasteiger partial charge in [0, 0.05) is 24.7 Å². The summed E-state index contributed by atoms with van der Waals surface area (Å²) in [5.41, 5.74) is 7.05. The van der Waals surface area contributed by atoms with Gasteiger partial charge in [0.15, 0.2) is 0 Å². The lowest BCUT2D eigenvalue weighted by atomic mass is 10.0. The number of imidazole rings is 1. The zero-order valence-corrected chi connectivity index (χ0v) is 19.3. The molecule has 34 heavy (non-hydrogen) atoms. The smallest absolute Gasteiger partial charge is 0.204 e. The van der Waals surface area contributed by atoms with E-state index in [0.29, 0.717) is 5.82 Å². The van der Waals surface area contributed by atoms with Crippen molar-refractivity contribution >= 4 is 0 Å². The van der Waals surface area contributed by atoms with Gasteiger partial charge in [0.25, 0.3) is 0 Å². The number of aromatic nitrogens is 8. The van der Waals surface area contributed by atoms with Crippen LogP contribution < -0.4 is 0 Å². The Morgan fingerprint density at radius 1 is 0.794 bits per heavy atom. The topological polar surface area (TPSA) is 98.1 Å². The van der Waals surface area contributed by atoms with Crippen LogP contribution in [0.4, 0.5) is 0 Å². The molecule has 5 rings (SSSR count). The Morgan fingerprint density at radius 2 is 1.53 bits per heavy atom. The van der Waals surface area contributed by atoms with Crippen molar-refractivity contribution in [2.45, 2.75) is 39.7 Å². The first-order valence-corrected chi connectivity index (χ1v) is 11.5. The Bertz CT molecular complexity index is 1340. The fourth-order valence-electron chi connectivity index (χ4n) is 3.88. The number of hydrogen-bond acceptors (Lipinski definition) is 6. The summed E-state index contributed by atoms with van der Waals surface area (Å²) in [5.74, 6) is 1.68. The van der Waals surface area contributed by atoms with Crippen LogP contribution in [-0.2, 0) is 13.0 Å². The minimum Gasteiger partial charge on any atom is -0.330 e. The van der Waals surface area contributed by atoms with E-state index in [1.807, 2.05) is 31.2 Å². The van der Waals surface area contributed by atoms with Gasteiger partial charge in [0.05, 0.1) is 5.69 Å². The Kier molecular flexibility index (Phi) is 6.20. The second-order valence-electron chi connectivity index (χ2n) is 8.34. The van der Waals surface area contributed by atoms with Gasteiger partial charge >= 0.3 is 0 Å². The molecule has 0 aliphatic heterocycles. The van der Waals surface area contributed by atoms with Crippen molar-refractivity contribution in [3.63, 3.8) is 0 Å². The number of nitrogens with zero attached hydrogens (tertiary/aromatic N) is 7. The molecule has 3 aromatic heterocycles. The molecule has 0 radical (unpaired) electrons. The van der Waals surface area contributed by atoms with Crippen molar-refractivity contribution in [2.24, 2.45) is 0 Å². The molecule has 1 N–H and O–H groups in total. The zero-order valence-electron chi connectivity index (χ0n) is 19.3. The maximum Gasteiger partial charge on any atom is 0.204 e. The van der Waals surface area contributed by atoms with Crippen molar-refractivity contribution in [3.8, 4) is 33.9 Å². The van der Waals surface area contributed by atoms with Crippen LogP contribution in [0.15, 0.2) is 66.9 Å². The third-order valence-electron chi connectivity index (χ3n) is 5.80. The predicted molar refractivity (Wildman–Crippen MR) is 131 cm³/mol. The molecule has 0 unspecified atom stereocenters. The monoisotopic (exact) mass is 450 g/mol. The van der Waals surface area contributed by atoms with Gasteiger partial charge in [-0.25, -0.2) is 4.98 Å².